The Kier molecular flexibility index (Phi) is 6.23. The van der Waals surface area contributed by atoms with E-state index in [1.54, 1.807) is 41.3 Å². The number of rotatable bonds is 7. The van der Waals surface area contributed by atoms with Crippen LogP contribution in [0.3, 0.4) is 0 Å². The second kappa shape index (κ2) is 9.08. The molecular weight excluding hydrogens is 428 g/mol. The number of hydrogen-bond acceptors (Lipinski definition) is 5. The van der Waals surface area contributed by atoms with Crippen molar-refractivity contribution in [1.29, 1.82) is 0 Å². The van der Waals surface area contributed by atoms with Crippen molar-refractivity contribution in [3.8, 4) is 5.75 Å². The number of ether oxygens (including phenoxy) is 1. The minimum Gasteiger partial charge on any atom is -0.493 e. The third-order valence-corrected chi connectivity index (χ3v) is 6.60. The largest absolute Gasteiger partial charge is 0.493 e. The highest BCUT2D eigenvalue weighted by atomic mass is 32.2. The molecule has 0 fully saturated rings. The summed E-state index contributed by atoms with van der Waals surface area (Å²) in [5.74, 6) is 1.14. The minimum atomic E-state index is -3.75. The summed E-state index contributed by atoms with van der Waals surface area (Å²) in [7, 11) is -3.75. The van der Waals surface area contributed by atoms with E-state index in [1.165, 1.54) is 18.4 Å². The highest BCUT2D eigenvalue weighted by molar-refractivity contribution is 7.92. The number of anilines is 1. The molecule has 1 N–H and O–H groups in total. The number of nitrogens with one attached hydrogen (secondary N) is 1. The van der Waals surface area contributed by atoms with Crippen LogP contribution < -0.4 is 9.46 Å². The van der Waals surface area contributed by atoms with Crippen LogP contribution in [0.1, 0.15) is 35.5 Å². The lowest BCUT2D eigenvalue weighted by atomic mass is 9.99. The quantitative estimate of drug-likeness (QED) is 0.575. The summed E-state index contributed by atoms with van der Waals surface area (Å²) in [4.78, 5) is 14.4. The lowest BCUT2D eigenvalue weighted by Gasteiger charge is -2.28. The first-order valence-electron chi connectivity index (χ1n) is 10.5. The maximum absolute atomic E-state index is 12.8. The highest BCUT2D eigenvalue weighted by Crippen LogP contribution is 2.26. The molecule has 1 aliphatic heterocycles. The van der Waals surface area contributed by atoms with Crippen LogP contribution in [0.25, 0.3) is 0 Å². The molecule has 0 unspecified atom stereocenters. The fraction of sp³-hybridized carbons (Fsp3) is 0.292. The molecule has 0 atom stereocenters. The van der Waals surface area contributed by atoms with E-state index in [-0.39, 0.29) is 10.8 Å². The Morgan fingerprint density at radius 3 is 2.59 bits per heavy atom. The second-order valence-electron chi connectivity index (χ2n) is 8.22. The van der Waals surface area contributed by atoms with E-state index >= 15 is 0 Å². The Morgan fingerprint density at radius 1 is 1.12 bits per heavy atom. The Hall–Kier alpha value is -3.26. The van der Waals surface area contributed by atoms with E-state index in [9.17, 15) is 13.2 Å². The van der Waals surface area contributed by atoms with Crippen molar-refractivity contribution in [2.24, 2.45) is 5.92 Å². The summed E-state index contributed by atoms with van der Waals surface area (Å²) >= 11 is 0. The minimum absolute atomic E-state index is 0.154. The van der Waals surface area contributed by atoms with Gasteiger partial charge in [-0.2, -0.15) is 0 Å². The van der Waals surface area contributed by atoms with Gasteiger partial charge in [0.2, 0.25) is 0 Å². The molecule has 3 aromatic rings. The summed E-state index contributed by atoms with van der Waals surface area (Å²) in [6, 6.07) is 15.1. The number of nitrogens with zero attached hydrogens (tertiary/aromatic N) is 1. The van der Waals surface area contributed by atoms with Crippen molar-refractivity contribution in [3.05, 3.63) is 77.7 Å². The van der Waals surface area contributed by atoms with Gasteiger partial charge in [-0.05, 0) is 72.0 Å². The van der Waals surface area contributed by atoms with Crippen LogP contribution in [0.2, 0.25) is 0 Å². The molecule has 0 radical (unpaired) electrons. The van der Waals surface area contributed by atoms with Crippen LogP contribution in [0, 0.1) is 5.92 Å². The Labute approximate surface area is 188 Å². The van der Waals surface area contributed by atoms with E-state index in [2.05, 4.69) is 4.72 Å². The van der Waals surface area contributed by atoms with E-state index in [4.69, 9.17) is 9.15 Å². The van der Waals surface area contributed by atoms with E-state index in [1.807, 2.05) is 19.9 Å². The summed E-state index contributed by atoms with van der Waals surface area (Å²) in [5.41, 5.74) is 2.47. The van der Waals surface area contributed by atoms with Gasteiger partial charge in [0.15, 0.2) is 5.76 Å². The normalized spacial score (nSPS) is 13.7. The summed E-state index contributed by atoms with van der Waals surface area (Å²) < 4.78 is 39.2. The molecule has 168 valence electrons. The third-order valence-electron chi connectivity index (χ3n) is 5.21. The molecule has 0 saturated carbocycles. The molecule has 0 aliphatic carbocycles. The van der Waals surface area contributed by atoms with Crippen LogP contribution in [0.4, 0.5) is 5.69 Å². The molecule has 7 nitrogen and oxygen atoms in total. The molecular formula is C24H26N2O5S. The van der Waals surface area contributed by atoms with Crippen molar-refractivity contribution in [1.82, 2.24) is 4.90 Å². The Morgan fingerprint density at radius 2 is 1.91 bits per heavy atom. The molecule has 0 spiro atoms. The van der Waals surface area contributed by atoms with Gasteiger partial charge in [-0.3, -0.25) is 9.52 Å². The second-order valence-corrected chi connectivity index (χ2v) is 9.90. The standard InChI is InChI=1S/C24H26N2O5S/c1-17(2)16-31-21-7-9-22(10-8-21)32(28,29)25-20-6-5-18-11-12-26(15-19(18)14-20)24(27)23-4-3-13-30-23/h3-10,13-14,17,25H,11-12,15-16H2,1-2H3. The van der Waals surface area contributed by atoms with Crippen molar-refractivity contribution in [2.75, 3.05) is 17.9 Å². The molecule has 1 aromatic heterocycles. The highest BCUT2D eigenvalue weighted by Gasteiger charge is 2.24. The number of sulfonamides is 1. The summed E-state index contributed by atoms with van der Waals surface area (Å²) in [5, 5.41) is 0. The maximum atomic E-state index is 12.8. The van der Waals surface area contributed by atoms with Crippen molar-refractivity contribution in [2.45, 2.75) is 31.7 Å². The number of carbonyl (C=O) groups excluding carboxylic acids is 1. The molecule has 32 heavy (non-hydrogen) atoms. The number of fused-ring (bicyclic) bond motifs is 1. The topological polar surface area (TPSA) is 88.9 Å². The Balaban J connectivity index is 1.47. The fourth-order valence-corrected chi connectivity index (χ4v) is 4.59. The van der Waals surface area contributed by atoms with Crippen molar-refractivity contribution >= 4 is 21.6 Å². The number of carbonyl (C=O) groups is 1. The fourth-order valence-electron chi connectivity index (χ4n) is 3.54. The molecule has 8 heteroatoms. The third kappa shape index (κ3) is 4.96. The zero-order chi connectivity index (χ0) is 22.7. The molecule has 1 aliphatic rings. The molecule has 2 aromatic carbocycles. The summed E-state index contributed by atoms with van der Waals surface area (Å²) in [6.07, 6.45) is 2.17. The van der Waals surface area contributed by atoms with Gasteiger partial charge in [0.25, 0.3) is 15.9 Å². The average Bonchev–Trinajstić information content (AvgIpc) is 3.31. The number of benzene rings is 2. The van der Waals surface area contributed by atoms with Crippen LogP contribution in [-0.4, -0.2) is 32.4 Å². The zero-order valence-electron chi connectivity index (χ0n) is 18.1. The number of hydrogen-bond donors (Lipinski definition) is 1. The van der Waals surface area contributed by atoms with Crippen LogP contribution in [0.5, 0.6) is 5.75 Å². The molecule has 4 rings (SSSR count). The molecule has 2 heterocycles. The molecule has 0 bridgehead atoms. The lowest BCUT2D eigenvalue weighted by Crippen LogP contribution is -2.35. The lowest BCUT2D eigenvalue weighted by molar-refractivity contribution is 0.0702. The van der Waals surface area contributed by atoms with Crippen LogP contribution in [-0.2, 0) is 23.0 Å². The van der Waals surface area contributed by atoms with Crippen molar-refractivity contribution in [3.63, 3.8) is 0 Å². The van der Waals surface area contributed by atoms with Gasteiger partial charge in [0, 0.05) is 18.8 Å². The van der Waals surface area contributed by atoms with Gasteiger partial charge in [-0.25, -0.2) is 8.42 Å². The average molecular weight is 455 g/mol. The Bertz CT molecular complexity index is 1190. The molecule has 1 amide bonds. The van der Waals surface area contributed by atoms with Crippen LogP contribution >= 0.6 is 0 Å². The zero-order valence-corrected chi connectivity index (χ0v) is 18.9. The number of amides is 1. The smallest absolute Gasteiger partial charge is 0.289 e. The van der Waals surface area contributed by atoms with Gasteiger partial charge in [0.05, 0.1) is 17.8 Å². The van der Waals surface area contributed by atoms with E-state index in [0.717, 1.165) is 11.1 Å². The van der Waals surface area contributed by atoms with E-state index in [0.29, 0.717) is 49.2 Å². The number of furan rings is 1. The van der Waals surface area contributed by atoms with Gasteiger partial charge < -0.3 is 14.1 Å². The maximum Gasteiger partial charge on any atom is 0.289 e. The SMILES string of the molecule is CC(C)COc1ccc(S(=O)(=O)Nc2ccc3c(c2)CN(C(=O)c2ccco2)CC3)cc1. The predicted octanol–water partition coefficient (Wildman–Crippen LogP) is 4.31. The first-order valence-corrected chi connectivity index (χ1v) is 12.0. The van der Waals surface area contributed by atoms with Crippen LogP contribution in [0.15, 0.2) is 70.2 Å². The van der Waals surface area contributed by atoms with Gasteiger partial charge in [-0.1, -0.05) is 19.9 Å². The first kappa shape index (κ1) is 22.0. The molecule has 0 saturated heterocycles. The monoisotopic (exact) mass is 454 g/mol. The van der Waals surface area contributed by atoms with E-state index < -0.39 is 10.0 Å². The first-order chi connectivity index (χ1) is 15.3. The summed E-state index contributed by atoms with van der Waals surface area (Å²) in [6.45, 7) is 5.65. The van der Waals surface area contributed by atoms with Gasteiger partial charge >= 0.3 is 0 Å². The van der Waals surface area contributed by atoms with Crippen molar-refractivity contribution < 1.29 is 22.4 Å². The van der Waals surface area contributed by atoms with Gasteiger partial charge in [0.1, 0.15) is 5.75 Å². The predicted molar refractivity (Wildman–Crippen MR) is 121 cm³/mol. The van der Waals surface area contributed by atoms with Gasteiger partial charge in [-0.15, -0.1) is 0 Å².